The molecular formula is C24H24FN5O3S. The summed E-state index contributed by atoms with van der Waals surface area (Å²) in [5.74, 6) is 0.697. The van der Waals surface area contributed by atoms with Crippen molar-refractivity contribution in [2.75, 3.05) is 37.0 Å². The lowest BCUT2D eigenvalue weighted by atomic mass is 10.1. The Kier molecular flexibility index (Phi) is 5.93. The van der Waals surface area contributed by atoms with E-state index in [9.17, 15) is 12.8 Å². The Hall–Kier alpha value is -3.50. The second-order valence-corrected chi connectivity index (χ2v) is 10.5. The van der Waals surface area contributed by atoms with Crippen molar-refractivity contribution < 1.29 is 17.5 Å². The van der Waals surface area contributed by atoms with Crippen LogP contribution in [0.2, 0.25) is 0 Å². The molecule has 0 saturated carbocycles. The molecule has 1 aliphatic heterocycles. The fourth-order valence-electron chi connectivity index (χ4n) is 3.97. The van der Waals surface area contributed by atoms with Crippen LogP contribution in [0.15, 0.2) is 60.7 Å². The molecule has 1 fully saturated rings. The summed E-state index contributed by atoms with van der Waals surface area (Å²) < 4.78 is 44.4. The molecule has 4 aromatic rings. The molecule has 2 aromatic heterocycles. The summed E-state index contributed by atoms with van der Waals surface area (Å²) in [7, 11) is -1.40. The molecule has 1 saturated heterocycles. The van der Waals surface area contributed by atoms with Crippen molar-refractivity contribution in [2.45, 2.75) is 6.54 Å². The normalized spacial score (nSPS) is 15.9. The van der Waals surface area contributed by atoms with E-state index < -0.39 is 15.7 Å². The number of benzene rings is 2. The van der Waals surface area contributed by atoms with Crippen molar-refractivity contribution in [1.82, 2.24) is 19.5 Å². The Morgan fingerprint density at radius 1 is 1.06 bits per heavy atom. The molecule has 5 rings (SSSR count). The van der Waals surface area contributed by atoms with Gasteiger partial charge in [0.2, 0.25) is 5.95 Å². The standard InChI is InChI=1S/C24H24FN5O3S/c1-33-19-9-10-21(20(25)15-19)26-24-27-23-4-2-3-22(30(23)28-24)18-7-5-17(6-8-18)16-29-11-13-34(31,32)14-12-29/h2-10,15H,11-14,16H2,1H3,(H,26,28). The second kappa shape index (κ2) is 9.03. The topological polar surface area (TPSA) is 88.8 Å². The van der Waals surface area contributed by atoms with E-state index in [4.69, 9.17) is 4.74 Å². The maximum absolute atomic E-state index is 14.3. The molecule has 176 valence electrons. The molecule has 0 radical (unpaired) electrons. The Bertz CT molecular complexity index is 1420. The Morgan fingerprint density at radius 2 is 1.82 bits per heavy atom. The van der Waals surface area contributed by atoms with E-state index in [-0.39, 0.29) is 23.1 Å². The van der Waals surface area contributed by atoms with E-state index in [1.807, 2.05) is 42.5 Å². The summed E-state index contributed by atoms with van der Waals surface area (Å²) >= 11 is 0. The number of nitrogens with zero attached hydrogens (tertiary/aromatic N) is 4. The van der Waals surface area contributed by atoms with Gasteiger partial charge in [-0.2, -0.15) is 4.98 Å². The van der Waals surface area contributed by atoms with Crippen LogP contribution in [-0.4, -0.2) is 59.6 Å². The van der Waals surface area contributed by atoms with Crippen molar-refractivity contribution in [3.05, 3.63) is 72.0 Å². The highest BCUT2D eigenvalue weighted by Crippen LogP contribution is 2.25. The lowest BCUT2D eigenvalue weighted by Crippen LogP contribution is -2.39. The monoisotopic (exact) mass is 481 g/mol. The number of ether oxygens (including phenoxy) is 1. The van der Waals surface area contributed by atoms with Crippen molar-refractivity contribution in [3.8, 4) is 17.0 Å². The number of nitrogens with one attached hydrogen (secondary N) is 1. The van der Waals surface area contributed by atoms with Crippen LogP contribution in [0.4, 0.5) is 16.0 Å². The molecule has 0 bridgehead atoms. The summed E-state index contributed by atoms with van der Waals surface area (Å²) in [5, 5.41) is 7.46. The molecule has 10 heteroatoms. The number of pyridine rings is 1. The maximum atomic E-state index is 14.3. The van der Waals surface area contributed by atoms with Crippen LogP contribution in [0.3, 0.4) is 0 Å². The van der Waals surface area contributed by atoms with Gasteiger partial charge in [0.25, 0.3) is 0 Å². The summed E-state index contributed by atoms with van der Waals surface area (Å²) in [5.41, 5.74) is 3.82. The molecule has 1 aliphatic rings. The van der Waals surface area contributed by atoms with Crippen LogP contribution in [0.25, 0.3) is 16.9 Å². The van der Waals surface area contributed by atoms with Crippen LogP contribution in [0.1, 0.15) is 5.56 Å². The molecular weight excluding hydrogens is 457 g/mol. The van der Waals surface area contributed by atoms with Gasteiger partial charge in [-0.3, -0.25) is 4.90 Å². The van der Waals surface area contributed by atoms with Crippen LogP contribution in [0, 0.1) is 5.82 Å². The average Bonchev–Trinajstić information content (AvgIpc) is 3.25. The van der Waals surface area contributed by atoms with Crippen LogP contribution in [0.5, 0.6) is 5.75 Å². The number of rotatable bonds is 6. The predicted octanol–water partition coefficient (Wildman–Crippen LogP) is 3.52. The number of hydrogen-bond acceptors (Lipinski definition) is 7. The van der Waals surface area contributed by atoms with Crippen LogP contribution in [-0.2, 0) is 16.4 Å². The van der Waals surface area contributed by atoms with Gasteiger partial charge in [-0.05, 0) is 29.8 Å². The van der Waals surface area contributed by atoms with Gasteiger partial charge >= 0.3 is 0 Å². The quantitative estimate of drug-likeness (QED) is 0.451. The average molecular weight is 482 g/mol. The lowest BCUT2D eigenvalue weighted by molar-refractivity contribution is 0.287. The Labute approximate surface area is 196 Å². The zero-order valence-corrected chi connectivity index (χ0v) is 19.4. The first kappa shape index (κ1) is 22.3. The van der Waals surface area contributed by atoms with Gasteiger partial charge in [0.15, 0.2) is 15.5 Å². The zero-order chi connectivity index (χ0) is 23.7. The van der Waals surface area contributed by atoms with Gasteiger partial charge in [-0.15, -0.1) is 5.10 Å². The first-order valence-corrected chi connectivity index (χ1v) is 12.7. The third kappa shape index (κ3) is 4.73. The summed E-state index contributed by atoms with van der Waals surface area (Å²) in [6, 6.07) is 18.3. The zero-order valence-electron chi connectivity index (χ0n) is 18.6. The number of anilines is 2. The first-order chi connectivity index (χ1) is 16.4. The third-order valence-electron chi connectivity index (χ3n) is 5.88. The van der Waals surface area contributed by atoms with Gasteiger partial charge in [0, 0.05) is 31.3 Å². The first-order valence-electron chi connectivity index (χ1n) is 10.9. The van der Waals surface area contributed by atoms with Gasteiger partial charge in [-0.1, -0.05) is 30.3 Å². The van der Waals surface area contributed by atoms with Crippen molar-refractivity contribution in [2.24, 2.45) is 0 Å². The highest BCUT2D eigenvalue weighted by Gasteiger charge is 2.21. The summed E-state index contributed by atoms with van der Waals surface area (Å²) in [6.07, 6.45) is 0. The number of sulfone groups is 1. The summed E-state index contributed by atoms with van der Waals surface area (Å²) in [4.78, 5) is 6.63. The molecule has 1 N–H and O–H groups in total. The van der Waals surface area contributed by atoms with E-state index in [1.165, 1.54) is 13.2 Å². The lowest BCUT2D eigenvalue weighted by Gasteiger charge is -2.26. The second-order valence-electron chi connectivity index (χ2n) is 8.21. The minimum Gasteiger partial charge on any atom is -0.497 e. The van der Waals surface area contributed by atoms with Crippen LogP contribution < -0.4 is 10.1 Å². The molecule has 0 atom stereocenters. The van der Waals surface area contributed by atoms with E-state index in [0.29, 0.717) is 31.0 Å². The fourth-order valence-corrected chi connectivity index (χ4v) is 5.25. The number of fused-ring (bicyclic) bond motifs is 1. The van der Waals surface area contributed by atoms with Crippen LogP contribution >= 0.6 is 0 Å². The molecule has 34 heavy (non-hydrogen) atoms. The van der Waals surface area contributed by atoms with Gasteiger partial charge in [0.05, 0.1) is 30.0 Å². The van der Waals surface area contributed by atoms with E-state index >= 15 is 0 Å². The molecule has 2 aromatic carbocycles. The van der Waals surface area contributed by atoms with Crippen molar-refractivity contribution in [3.63, 3.8) is 0 Å². The minimum absolute atomic E-state index is 0.218. The van der Waals surface area contributed by atoms with Gasteiger partial charge in [-0.25, -0.2) is 17.3 Å². The van der Waals surface area contributed by atoms with Crippen molar-refractivity contribution in [1.29, 1.82) is 0 Å². The Balaban J connectivity index is 1.35. The number of hydrogen-bond donors (Lipinski definition) is 1. The highest BCUT2D eigenvalue weighted by molar-refractivity contribution is 7.91. The van der Waals surface area contributed by atoms with Gasteiger partial charge < -0.3 is 10.1 Å². The molecule has 0 unspecified atom stereocenters. The fraction of sp³-hybridized carbons (Fsp3) is 0.250. The maximum Gasteiger partial charge on any atom is 0.247 e. The number of methoxy groups -OCH3 is 1. The number of aromatic nitrogens is 3. The molecule has 0 amide bonds. The molecule has 0 aliphatic carbocycles. The van der Waals surface area contributed by atoms with E-state index in [1.54, 1.807) is 16.6 Å². The smallest absolute Gasteiger partial charge is 0.247 e. The minimum atomic E-state index is -2.88. The van der Waals surface area contributed by atoms with E-state index in [0.717, 1.165) is 16.8 Å². The third-order valence-corrected chi connectivity index (χ3v) is 7.48. The predicted molar refractivity (Wildman–Crippen MR) is 129 cm³/mol. The largest absolute Gasteiger partial charge is 0.497 e. The van der Waals surface area contributed by atoms with E-state index in [2.05, 4.69) is 20.3 Å². The highest BCUT2D eigenvalue weighted by atomic mass is 32.2. The van der Waals surface area contributed by atoms with Crippen molar-refractivity contribution >= 4 is 27.1 Å². The molecule has 0 spiro atoms. The Morgan fingerprint density at radius 3 is 2.53 bits per heavy atom. The molecule has 3 heterocycles. The molecule has 8 nitrogen and oxygen atoms in total. The number of halogens is 1. The SMILES string of the molecule is COc1ccc(Nc2nc3cccc(-c4ccc(CN5CCS(=O)(=O)CC5)cc4)n3n2)c(F)c1. The summed E-state index contributed by atoms with van der Waals surface area (Å²) in [6.45, 7) is 1.84. The van der Waals surface area contributed by atoms with Gasteiger partial charge in [0.1, 0.15) is 11.6 Å².